The fraction of sp³-hybridized carbons (Fsp3) is 0.130. The first-order valence-corrected chi connectivity index (χ1v) is 10.7. The van der Waals surface area contributed by atoms with Gasteiger partial charge in [-0.05, 0) is 78.6 Å². The van der Waals surface area contributed by atoms with Gasteiger partial charge in [0.15, 0.2) is 0 Å². The summed E-state index contributed by atoms with van der Waals surface area (Å²) in [5.74, 6) is 0.406. The molecule has 0 radical (unpaired) electrons. The number of benzene rings is 3. The summed E-state index contributed by atoms with van der Waals surface area (Å²) in [6, 6.07) is 20.1. The lowest BCUT2D eigenvalue weighted by Crippen LogP contribution is -2.22. The lowest BCUT2D eigenvalue weighted by Gasteiger charge is -2.13. The largest absolute Gasteiger partial charge is 0.487 e. The molecule has 3 rings (SSSR count). The van der Waals surface area contributed by atoms with Crippen LogP contribution in [0.25, 0.3) is 16.8 Å². The molecule has 1 amide bonds. The number of hydrogen-bond donors (Lipinski definition) is 0. The number of likely N-dealkylation sites (N-methyl/N-ethyl adjacent to an activating group) is 1. The standard InChI is InChI=1S/C23H18BrIN2O2/c1-27(2)23(28)18(13-26)10-15-11-20(24)22(21(25)12-15)29-14-17-8-5-7-16-6-3-4-9-19(16)17/h3-12H,14H2,1-2H3/b18-10-. The first-order valence-electron chi connectivity index (χ1n) is 8.82. The molecule has 0 aliphatic heterocycles. The molecule has 0 fully saturated rings. The van der Waals surface area contributed by atoms with Gasteiger partial charge in [0.25, 0.3) is 5.91 Å². The molecule has 0 aromatic heterocycles. The van der Waals surface area contributed by atoms with E-state index in [9.17, 15) is 10.1 Å². The fourth-order valence-electron chi connectivity index (χ4n) is 2.92. The van der Waals surface area contributed by atoms with Crippen LogP contribution in [-0.4, -0.2) is 24.9 Å². The minimum absolute atomic E-state index is 0.0853. The molecule has 0 aliphatic rings. The summed E-state index contributed by atoms with van der Waals surface area (Å²) >= 11 is 5.76. The molecule has 146 valence electrons. The molecule has 3 aromatic carbocycles. The summed E-state index contributed by atoms with van der Waals surface area (Å²) in [4.78, 5) is 13.5. The van der Waals surface area contributed by atoms with Gasteiger partial charge < -0.3 is 9.64 Å². The zero-order valence-electron chi connectivity index (χ0n) is 15.9. The van der Waals surface area contributed by atoms with E-state index >= 15 is 0 Å². The van der Waals surface area contributed by atoms with Crippen molar-refractivity contribution in [2.45, 2.75) is 6.61 Å². The molecule has 0 bridgehead atoms. The number of fused-ring (bicyclic) bond motifs is 1. The van der Waals surface area contributed by atoms with Crippen LogP contribution < -0.4 is 4.74 Å². The second kappa shape index (κ2) is 9.42. The quantitative estimate of drug-likeness (QED) is 0.226. The SMILES string of the molecule is CN(C)C(=O)/C(C#N)=C\c1cc(Br)c(OCc2cccc3ccccc23)c(I)c1. The Morgan fingerprint density at radius 2 is 1.93 bits per heavy atom. The molecule has 4 nitrogen and oxygen atoms in total. The van der Waals surface area contributed by atoms with Gasteiger partial charge in [-0.15, -0.1) is 0 Å². The van der Waals surface area contributed by atoms with Crippen LogP contribution in [0, 0.1) is 14.9 Å². The number of halogens is 2. The number of rotatable bonds is 5. The summed E-state index contributed by atoms with van der Waals surface area (Å²) < 4.78 is 7.77. The predicted molar refractivity (Wildman–Crippen MR) is 127 cm³/mol. The summed E-state index contributed by atoms with van der Waals surface area (Å²) in [5, 5.41) is 11.6. The third kappa shape index (κ3) is 4.98. The average molecular weight is 561 g/mol. The van der Waals surface area contributed by atoms with Gasteiger partial charge in [0.2, 0.25) is 0 Å². The monoisotopic (exact) mass is 560 g/mol. The van der Waals surface area contributed by atoms with Gasteiger partial charge in [-0.2, -0.15) is 5.26 Å². The van der Waals surface area contributed by atoms with Crippen molar-refractivity contribution in [3.63, 3.8) is 0 Å². The third-order valence-corrected chi connectivity index (χ3v) is 5.73. The molecular weight excluding hydrogens is 543 g/mol. The topological polar surface area (TPSA) is 53.3 Å². The maximum absolute atomic E-state index is 12.1. The van der Waals surface area contributed by atoms with Crippen LogP contribution in [-0.2, 0) is 11.4 Å². The Balaban J connectivity index is 1.86. The van der Waals surface area contributed by atoms with Crippen molar-refractivity contribution in [2.24, 2.45) is 0 Å². The molecule has 3 aromatic rings. The molecule has 0 unspecified atom stereocenters. The second-order valence-corrected chi connectivity index (χ2v) is 8.63. The molecule has 0 saturated carbocycles. The zero-order valence-corrected chi connectivity index (χ0v) is 19.7. The highest BCUT2D eigenvalue weighted by molar-refractivity contribution is 14.1. The number of carbonyl (C=O) groups excluding carboxylic acids is 1. The smallest absolute Gasteiger partial charge is 0.264 e. The Bertz CT molecular complexity index is 1120. The van der Waals surface area contributed by atoms with Crippen LogP contribution in [0.1, 0.15) is 11.1 Å². The van der Waals surface area contributed by atoms with E-state index in [0.717, 1.165) is 24.9 Å². The maximum Gasteiger partial charge on any atom is 0.264 e. The van der Waals surface area contributed by atoms with Crippen molar-refractivity contribution in [3.8, 4) is 11.8 Å². The number of carbonyl (C=O) groups is 1. The summed E-state index contributed by atoms with van der Waals surface area (Å²) in [5.41, 5.74) is 1.95. The van der Waals surface area contributed by atoms with Crippen molar-refractivity contribution in [3.05, 3.63) is 79.3 Å². The maximum atomic E-state index is 12.1. The second-order valence-electron chi connectivity index (χ2n) is 6.61. The first-order chi connectivity index (χ1) is 13.9. The minimum Gasteiger partial charge on any atom is -0.487 e. The number of amides is 1. The highest BCUT2D eigenvalue weighted by Gasteiger charge is 2.14. The summed E-state index contributed by atoms with van der Waals surface area (Å²) in [6.45, 7) is 0.438. The molecule has 6 heteroatoms. The molecule has 0 spiro atoms. The average Bonchev–Trinajstić information content (AvgIpc) is 2.71. The van der Waals surface area contributed by atoms with Crippen LogP contribution in [0.3, 0.4) is 0 Å². The lowest BCUT2D eigenvalue weighted by molar-refractivity contribution is -0.124. The van der Waals surface area contributed by atoms with Crippen LogP contribution in [0.15, 0.2) is 64.6 Å². The van der Waals surface area contributed by atoms with E-state index in [1.54, 1.807) is 20.2 Å². The Kier molecular flexibility index (Phi) is 6.93. The van der Waals surface area contributed by atoms with Gasteiger partial charge in [0, 0.05) is 14.1 Å². The number of nitrogens with zero attached hydrogens (tertiary/aromatic N) is 2. The highest BCUT2D eigenvalue weighted by atomic mass is 127. The fourth-order valence-corrected chi connectivity index (χ4v) is 4.69. The lowest BCUT2D eigenvalue weighted by atomic mass is 10.1. The molecule has 0 saturated heterocycles. The number of hydrogen-bond acceptors (Lipinski definition) is 3. The van der Waals surface area contributed by atoms with Crippen molar-refractivity contribution < 1.29 is 9.53 Å². The van der Waals surface area contributed by atoms with Crippen LogP contribution in [0.2, 0.25) is 0 Å². The van der Waals surface area contributed by atoms with E-state index < -0.39 is 0 Å². The van der Waals surface area contributed by atoms with E-state index in [4.69, 9.17) is 4.74 Å². The summed E-state index contributed by atoms with van der Waals surface area (Å²) in [7, 11) is 3.24. The Morgan fingerprint density at radius 3 is 2.62 bits per heavy atom. The summed E-state index contributed by atoms with van der Waals surface area (Å²) in [6.07, 6.45) is 1.59. The van der Waals surface area contributed by atoms with E-state index in [-0.39, 0.29) is 11.5 Å². The van der Waals surface area contributed by atoms with Gasteiger partial charge in [0.1, 0.15) is 24.0 Å². The van der Waals surface area contributed by atoms with E-state index in [1.165, 1.54) is 15.7 Å². The normalized spacial score (nSPS) is 11.2. The van der Waals surface area contributed by atoms with Crippen molar-refractivity contribution >= 4 is 61.3 Å². The van der Waals surface area contributed by atoms with Gasteiger partial charge in [-0.1, -0.05) is 42.5 Å². The number of nitriles is 1. The predicted octanol–water partition coefficient (Wildman–Crippen LogP) is 5.78. The van der Waals surface area contributed by atoms with Gasteiger partial charge in [0.05, 0.1) is 8.04 Å². The van der Waals surface area contributed by atoms with Crippen molar-refractivity contribution in [2.75, 3.05) is 14.1 Å². The zero-order chi connectivity index (χ0) is 21.0. The minimum atomic E-state index is -0.324. The van der Waals surface area contributed by atoms with E-state index in [0.29, 0.717) is 6.61 Å². The van der Waals surface area contributed by atoms with Crippen LogP contribution in [0.5, 0.6) is 5.75 Å². The van der Waals surface area contributed by atoms with E-state index in [1.807, 2.05) is 36.4 Å². The molecule has 29 heavy (non-hydrogen) atoms. The Hall–Kier alpha value is -2.37. The van der Waals surface area contributed by atoms with Crippen LogP contribution in [0.4, 0.5) is 0 Å². The van der Waals surface area contributed by atoms with Crippen LogP contribution >= 0.6 is 38.5 Å². The Labute approximate surface area is 192 Å². The van der Waals surface area contributed by atoms with Gasteiger partial charge in [-0.3, -0.25) is 4.79 Å². The highest BCUT2D eigenvalue weighted by Crippen LogP contribution is 2.34. The van der Waals surface area contributed by atoms with E-state index in [2.05, 4.69) is 62.8 Å². The molecule has 0 heterocycles. The molecule has 0 atom stereocenters. The van der Waals surface area contributed by atoms with Gasteiger partial charge in [-0.25, -0.2) is 0 Å². The molecular formula is C23H18BrIN2O2. The number of ether oxygens (including phenoxy) is 1. The van der Waals surface area contributed by atoms with Crippen molar-refractivity contribution in [1.82, 2.24) is 4.90 Å². The van der Waals surface area contributed by atoms with Crippen molar-refractivity contribution in [1.29, 1.82) is 5.26 Å². The van der Waals surface area contributed by atoms with Gasteiger partial charge >= 0.3 is 0 Å². The molecule has 0 aliphatic carbocycles. The third-order valence-electron chi connectivity index (χ3n) is 4.34. The Morgan fingerprint density at radius 1 is 1.21 bits per heavy atom. The first kappa shape index (κ1) is 21.3. The molecule has 0 N–H and O–H groups in total.